The second-order valence-corrected chi connectivity index (χ2v) is 6.40. The van der Waals surface area contributed by atoms with E-state index >= 15 is 0 Å². The summed E-state index contributed by atoms with van der Waals surface area (Å²) in [5.41, 5.74) is 0.813. The molecule has 1 amide bonds. The van der Waals surface area contributed by atoms with Crippen LogP contribution >= 0.6 is 0 Å². The van der Waals surface area contributed by atoms with Crippen molar-refractivity contribution in [2.24, 2.45) is 0 Å². The number of hydrogen-bond donors (Lipinski definition) is 0. The third-order valence-corrected chi connectivity index (χ3v) is 4.76. The fourth-order valence-corrected chi connectivity index (χ4v) is 3.40. The second kappa shape index (κ2) is 8.60. The van der Waals surface area contributed by atoms with Gasteiger partial charge in [0.1, 0.15) is 17.2 Å². The zero-order valence-corrected chi connectivity index (χ0v) is 15.8. The number of benzene rings is 2. The Bertz CT molecular complexity index is 870. The molecule has 0 aliphatic carbocycles. The van der Waals surface area contributed by atoms with Crippen LogP contribution in [0.5, 0.6) is 17.2 Å². The highest BCUT2D eigenvalue weighted by Gasteiger charge is 2.32. The van der Waals surface area contributed by atoms with Crippen molar-refractivity contribution < 1.29 is 23.9 Å². The minimum atomic E-state index is -0.500. The number of rotatable bonds is 7. The minimum Gasteiger partial charge on any atom is -0.497 e. The Morgan fingerprint density at radius 2 is 2.00 bits per heavy atom. The standard InChI is InChI=1S/C20H22N2O6/c1-26-15-8-9-19(27-2)17(12-15)18-7-4-10-21(18)20(23)13-28-16-6-3-5-14(11-16)22(24)25/h3,5-6,8-9,11-12,18H,4,7,10,13H2,1-2H3/t18-/m0/s1. The van der Waals surface area contributed by atoms with E-state index in [-0.39, 0.29) is 30.0 Å². The molecule has 1 aliphatic rings. The lowest BCUT2D eigenvalue weighted by molar-refractivity contribution is -0.384. The maximum atomic E-state index is 12.8. The Hall–Kier alpha value is -3.29. The number of nitro groups is 1. The molecular weight excluding hydrogens is 364 g/mol. The first-order valence-corrected chi connectivity index (χ1v) is 8.92. The largest absolute Gasteiger partial charge is 0.497 e. The smallest absolute Gasteiger partial charge is 0.273 e. The highest BCUT2D eigenvalue weighted by molar-refractivity contribution is 5.78. The quantitative estimate of drug-likeness (QED) is 0.535. The first-order valence-electron chi connectivity index (χ1n) is 8.92. The van der Waals surface area contributed by atoms with Crippen LogP contribution in [-0.4, -0.2) is 43.1 Å². The molecule has 0 bridgehead atoms. The summed E-state index contributed by atoms with van der Waals surface area (Å²) in [7, 11) is 3.19. The van der Waals surface area contributed by atoms with E-state index in [9.17, 15) is 14.9 Å². The number of hydrogen-bond acceptors (Lipinski definition) is 6. The van der Waals surface area contributed by atoms with Crippen molar-refractivity contribution in [1.82, 2.24) is 4.90 Å². The molecule has 1 aliphatic heterocycles. The van der Waals surface area contributed by atoms with Crippen LogP contribution in [0.25, 0.3) is 0 Å². The molecule has 0 saturated carbocycles. The summed E-state index contributed by atoms with van der Waals surface area (Å²) in [6.45, 7) is 0.423. The zero-order valence-electron chi connectivity index (χ0n) is 15.8. The van der Waals surface area contributed by atoms with Crippen molar-refractivity contribution in [2.75, 3.05) is 27.4 Å². The number of ether oxygens (including phenoxy) is 3. The first-order chi connectivity index (χ1) is 13.5. The number of nitrogens with zero attached hydrogens (tertiary/aromatic N) is 2. The van der Waals surface area contributed by atoms with Gasteiger partial charge in [-0.05, 0) is 37.1 Å². The van der Waals surface area contributed by atoms with Gasteiger partial charge in [0.25, 0.3) is 11.6 Å². The SMILES string of the molecule is COc1ccc(OC)c([C@@H]2CCCN2C(=O)COc2cccc([N+](=O)[O-])c2)c1. The normalized spacial score (nSPS) is 15.9. The van der Waals surface area contributed by atoms with Gasteiger partial charge in [-0.15, -0.1) is 0 Å². The van der Waals surface area contributed by atoms with Crippen LogP contribution in [-0.2, 0) is 4.79 Å². The van der Waals surface area contributed by atoms with E-state index < -0.39 is 4.92 Å². The van der Waals surface area contributed by atoms with E-state index in [1.165, 1.54) is 18.2 Å². The molecule has 0 radical (unpaired) electrons. The molecule has 0 N–H and O–H groups in total. The highest BCUT2D eigenvalue weighted by Crippen LogP contribution is 2.39. The molecule has 28 heavy (non-hydrogen) atoms. The minimum absolute atomic E-state index is 0.0786. The molecular formula is C20H22N2O6. The molecule has 0 unspecified atom stereocenters. The summed E-state index contributed by atoms with van der Waals surface area (Å²) in [6.07, 6.45) is 1.68. The Balaban J connectivity index is 1.73. The summed E-state index contributed by atoms with van der Waals surface area (Å²) in [6, 6.07) is 11.2. The van der Waals surface area contributed by atoms with Crippen LogP contribution in [0.15, 0.2) is 42.5 Å². The first kappa shape index (κ1) is 19.5. The fraction of sp³-hybridized carbons (Fsp3) is 0.350. The molecule has 1 fully saturated rings. The number of nitro benzene ring substituents is 1. The lowest BCUT2D eigenvalue weighted by Gasteiger charge is -2.26. The molecule has 3 rings (SSSR count). The molecule has 2 aromatic carbocycles. The van der Waals surface area contributed by atoms with Crippen molar-refractivity contribution in [1.29, 1.82) is 0 Å². The van der Waals surface area contributed by atoms with Gasteiger partial charge >= 0.3 is 0 Å². The Kier molecular flexibility index (Phi) is 5.98. The van der Waals surface area contributed by atoms with Crippen molar-refractivity contribution >= 4 is 11.6 Å². The van der Waals surface area contributed by atoms with Gasteiger partial charge in [0.15, 0.2) is 6.61 Å². The highest BCUT2D eigenvalue weighted by atomic mass is 16.6. The molecule has 8 nitrogen and oxygen atoms in total. The Labute approximate surface area is 162 Å². The van der Waals surface area contributed by atoms with Crippen LogP contribution in [0.4, 0.5) is 5.69 Å². The van der Waals surface area contributed by atoms with Gasteiger partial charge in [-0.25, -0.2) is 0 Å². The van der Waals surface area contributed by atoms with Gasteiger partial charge in [-0.1, -0.05) is 6.07 Å². The summed E-state index contributed by atoms with van der Waals surface area (Å²) < 4.78 is 16.3. The molecule has 2 aromatic rings. The van der Waals surface area contributed by atoms with Gasteiger partial charge in [-0.2, -0.15) is 0 Å². The van der Waals surface area contributed by atoms with Crippen LogP contribution in [0.1, 0.15) is 24.4 Å². The summed E-state index contributed by atoms with van der Waals surface area (Å²) in [5.74, 6) is 1.50. The molecule has 8 heteroatoms. The van der Waals surface area contributed by atoms with Gasteiger partial charge in [-0.3, -0.25) is 14.9 Å². The van der Waals surface area contributed by atoms with Gasteiger partial charge in [0, 0.05) is 18.2 Å². The second-order valence-electron chi connectivity index (χ2n) is 6.40. The van der Waals surface area contributed by atoms with E-state index in [1.807, 2.05) is 18.2 Å². The van der Waals surface area contributed by atoms with E-state index in [1.54, 1.807) is 25.2 Å². The van der Waals surface area contributed by atoms with Crippen molar-refractivity contribution in [3.63, 3.8) is 0 Å². The number of methoxy groups -OCH3 is 2. The Morgan fingerprint density at radius 3 is 2.71 bits per heavy atom. The number of non-ortho nitro benzene ring substituents is 1. The fourth-order valence-electron chi connectivity index (χ4n) is 3.40. The molecule has 1 heterocycles. The van der Waals surface area contributed by atoms with Crippen LogP contribution in [0.3, 0.4) is 0 Å². The predicted octanol–water partition coefficient (Wildman–Crippen LogP) is 3.35. The predicted molar refractivity (Wildman–Crippen MR) is 102 cm³/mol. The number of carbonyl (C=O) groups is 1. The van der Waals surface area contributed by atoms with Crippen LogP contribution in [0.2, 0.25) is 0 Å². The summed E-state index contributed by atoms with van der Waals surface area (Å²) >= 11 is 0. The number of amides is 1. The van der Waals surface area contributed by atoms with Gasteiger partial charge in [0.2, 0.25) is 0 Å². The van der Waals surface area contributed by atoms with Gasteiger partial charge in [0.05, 0.1) is 31.3 Å². The maximum absolute atomic E-state index is 12.8. The molecule has 1 saturated heterocycles. The summed E-state index contributed by atoms with van der Waals surface area (Å²) in [5, 5.41) is 10.9. The lowest BCUT2D eigenvalue weighted by Crippen LogP contribution is -2.34. The zero-order chi connectivity index (χ0) is 20.1. The van der Waals surface area contributed by atoms with Crippen molar-refractivity contribution in [3.05, 3.63) is 58.1 Å². The van der Waals surface area contributed by atoms with Gasteiger partial charge < -0.3 is 19.1 Å². The third kappa shape index (κ3) is 4.16. The average molecular weight is 386 g/mol. The van der Waals surface area contributed by atoms with Crippen LogP contribution < -0.4 is 14.2 Å². The monoisotopic (exact) mass is 386 g/mol. The molecule has 1 atom stereocenters. The van der Waals surface area contributed by atoms with Crippen LogP contribution in [0, 0.1) is 10.1 Å². The van der Waals surface area contributed by atoms with E-state index in [4.69, 9.17) is 14.2 Å². The van der Waals surface area contributed by atoms with E-state index in [0.29, 0.717) is 18.0 Å². The third-order valence-electron chi connectivity index (χ3n) is 4.76. The number of carbonyl (C=O) groups excluding carboxylic acids is 1. The Morgan fingerprint density at radius 1 is 1.18 bits per heavy atom. The topological polar surface area (TPSA) is 91.1 Å². The van der Waals surface area contributed by atoms with E-state index in [2.05, 4.69) is 0 Å². The molecule has 0 aromatic heterocycles. The van der Waals surface area contributed by atoms with Crippen molar-refractivity contribution in [2.45, 2.75) is 18.9 Å². The van der Waals surface area contributed by atoms with E-state index in [0.717, 1.165) is 18.4 Å². The summed E-state index contributed by atoms with van der Waals surface area (Å²) in [4.78, 5) is 24.9. The maximum Gasteiger partial charge on any atom is 0.273 e. The average Bonchev–Trinajstić information content (AvgIpc) is 3.21. The molecule has 0 spiro atoms. The van der Waals surface area contributed by atoms with Crippen molar-refractivity contribution in [3.8, 4) is 17.2 Å². The molecule has 148 valence electrons. The lowest BCUT2D eigenvalue weighted by atomic mass is 10.0. The number of likely N-dealkylation sites (tertiary alicyclic amines) is 1.